The molecular weight excluding hydrogens is 324 g/mol. The molecule has 2 rings (SSSR count). The lowest BCUT2D eigenvalue weighted by atomic mass is 10.2. The molecular formula is C17H22N4O4. The summed E-state index contributed by atoms with van der Waals surface area (Å²) in [5.74, 6) is -0.781. The number of rotatable bonds is 7. The summed E-state index contributed by atoms with van der Waals surface area (Å²) in [6.45, 7) is 2.24. The Hall–Kier alpha value is -3.03. The lowest BCUT2D eigenvalue weighted by Gasteiger charge is -2.19. The molecule has 1 aromatic carbocycles. The van der Waals surface area contributed by atoms with E-state index in [1.807, 2.05) is 24.3 Å². The monoisotopic (exact) mass is 346 g/mol. The van der Waals surface area contributed by atoms with Crippen molar-refractivity contribution in [3.8, 4) is 5.75 Å². The van der Waals surface area contributed by atoms with E-state index in [-0.39, 0.29) is 12.6 Å². The van der Waals surface area contributed by atoms with Crippen LogP contribution < -0.4 is 10.1 Å². The summed E-state index contributed by atoms with van der Waals surface area (Å²) in [5, 5.41) is 15.8. The van der Waals surface area contributed by atoms with Crippen molar-refractivity contribution in [2.75, 3.05) is 26.0 Å². The Labute approximate surface area is 146 Å². The molecule has 0 saturated heterocycles. The van der Waals surface area contributed by atoms with Crippen LogP contribution in [-0.2, 0) is 11.3 Å². The number of hydrogen-bond donors (Lipinski definition) is 2. The van der Waals surface area contributed by atoms with Crippen LogP contribution in [0.1, 0.15) is 12.5 Å². The predicted octanol–water partition coefficient (Wildman–Crippen LogP) is 2.12. The van der Waals surface area contributed by atoms with E-state index in [1.54, 1.807) is 38.2 Å². The summed E-state index contributed by atoms with van der Waals surface area (Å²) in [5.41, 5.74) is 1.60. The fourth-order valence-corrected chi connectivity index (χ4v) is 2.22. The third-order valence-corrected chi connectivity index (χ3v) is 3.70. The highest BCUT2D eigenvalue weighted by Crippen LogP contribution is 2.13. The molecule has 0 fully saturated rings. The average molecular weight is 346 g/mol. The van der Waals surface area contributed by atoms with E-state index in [4.69, 9.17) is 9.84 Å². The lowest BCUT2D eigenvalue weighted by molar-refractivity contribution is -0.141. The lowest BCUT2D eigenvalue weighted by Crippen LogP contribution is -2.36. The number of amides is 2. The minimum absolute atomic E-state index is 0.126. The van der Waals surface area contributed by atoms with Crippen LogP contribution in [0.5, 0.6) is 5.75 Å². The van der Waals surface area contributed by atoms with Crippen LogP contribution in [0, 0.1) is 5.92 Å². The highest BCUT2D eigenvalue weighted by molar-refractivity contribution is 5.89. The number of urea groups is 1. The second kappa shape index (κ2) is 8.18. The van der Waals surface area contributed by atoms with E-state index in [1.165, 1.54) is 4.90 Å². The maximum atomic E-state index is 12.1. The van der Waals surface area contributed by atoms with Gasteiger partial charge >= 0.3 is 12.0 Å². The summed E-state index contributed by atoms with van der Waals surface area (Å²) in [6, 6.07) is 7.26. The van der Waals surface area contributed by atoms with Crippen LogP contribution in [0.2, 0.25) is 0 Å². The van der Waals surface area contributed by atoms with Gasteiger partial charge in [0.1, 0.15) is 5.75 Å². The van der Waals surface area contributed by atoms with Gasteiger partial charge in [-0.15, -0.1) is 0 Å². The Morgan fingerprint density at radius 1 is 1.36 bits per heavy atom. The third kappa shape index (κ3) is 5.23. The predicted molar refractivity (Wildman–Crippen MR) is 92.8 cm³/mol. The van der Waals surface area contributed by atoms with Gasteiger partial charge in [0.2, 0.25) is 0 Å². The van der Waals surface area contributed by atoms with Crippen LogP contribution in [0.4, 0.5) is 10.5 Å². The van der Waals surface area contributed by atoms with Gasteiger partial charge in [-0.3, -0.25) is 9.48 Å². The van der Waals surface area contributed by atoms with Gasteiger partial charge in [0.05, 0.1) is 31.5 Å². The molecule has 2 N–H and O–H groups in total. The van der Waals surface area contributed by atoms with Gasteiger partial charge < -0.3 is 20.1 Å². The summed E-state index contributed by atoms with van der Waals surface area (Å²) in [4.78, 5) is 24.3. The van der Waals surface area contributed by atoms with Gasteiger partial charge in [0.15, 0.2) is 0 Å². The normalized spacial score (nSPS) is 11.6. The Balaban J connectivity index is 1.91. The number of nitrogens with one attached hydrogen (secondary N) is 1. The third-order valence-electron chi connectivity index (χ3n) is 3.70. The maximum absolute atomic E-state index is 12.1. The fourth-order valence-electron chi connectivity index (χ4n) is 2.22. The molecule has 0 aliphatic heterocycles. The number of carbonyl (C=O) groups excluding carboxylic acids is 1. The molecule has 0 aliphatic rings. The topological polar surface area (TPSA) is 96.7 Å². The highest BCUT2D eigenvalue weighted by atomic mass is 16.5. The van der Waals surface area contributed by atoms with Crippen molar-refractivity contribution < 1.29 is 19.4 Å². The first-order valence-electron chi connectivity index (χ1n) is 7.79. The molecule has 2 aromatic rings. The Morgan fingerprint density at radius 3 is 2.64 bits per heavy atom. The first kappa shape index (κ1) is 18.3. The number of carbonyl (C=O) groups is 2. The van der Waals surface area contributed by atoms with Gasteiger partial charge in [-0.05, 0) is 17.7 Å². The van der Waals surface area contributed by atoms with Gasteiger partial charge in [-0.2, -0.15) is 5.10 Å². The molecule has 134 valence electrons. The van der Waals surface area contributed by atoms with Crippen molar-refractivity contribution in [2.45, 2.75) is 13.5 Å². The van der Waals surface area contributed by atoms with E-state index in [2.05, 4.69) is 10.4 Å². The summed E-state index contributed by atoms with van der Waals surface area (Å²) < 4.78 is 6.83. The Morgan fingerprint density at radius 2 is 2.04 bits per heavy atom. The molecule has 0 saturated carbocycles. The Kier molecular flexibility index (Phi) is 5.99. The van der Waals surface area contributed by atoms with Crippen molar-refractivity contribution in [3.63, 3.8) is 0 Å². The number of nitrogens with zero attached hydrogens (tertiary/aromatic N) is 3. The highest BCUT2D eigenvalue weighted by Gasteiger charge is 2.17. The summed E-state index contributed by atoms with van der Waals surface area (Å²) in [7, 11) is 3.17. The molecule has 1 heterocycles. The van der Waals surface area contributed by atoms with Crippen molar-refractivity contribution >= 4 is 17.7 Å². The molecule has 1 aromatic heterocycles. The van der Waals surface area contributed by atoms with E-state index >= 15 is 0 Å². The van der Waals surface area contributed by atoms with Gasteiger partial charge in [-0.1, -0.05) is 19.1 Å². The van der Waals surface area contributed by atoms with Crippen molar-refractivity contribution in [2.24, 2.45) is 5.92 Å². The van der Waals surface area contributed by atoms with Crippen LogP contribution >= 0.6 is 0 Å². The van der Waals surface area contributed by atoms with Gasteiger partial charge in [0, 0.05) is 19.8 Å². The molecule has 25 heavy (non-hydrogen) atoms. The van der Waals surface area contributed by atoms with E-state index < -0.39 is 11.9 Å². The van der Waals surface area contributed by atoms with Gasteiger partial charge in [0.25, 0.3) is 0 Å². The minimum atomic E-state index is -0.938. The number of carboxylic acid groups (broad SMARTS) is 1. The number of aliphatic carboxylic acids is 1. The van der Waals surface area contributed by atoms with E-state index in [9.17, 15) is 9.59 Å². The molecule has 8 heteroatoms. The van der Waals surface area contributed by atoms with Crippen LogP contribution in [0.25, 0.3) is 0 Å². The van der Waals surface area contributed by atoms with Crippen molar-refractivity contribution in [3.05, 3.63) is 42.2 Å². The summed E-state index contributed by atoms with van der Waals surface area (Å²) >= 11 is 0. The number of aromatic nitrogens is 2. The molecule has 8 nitrogen and oxygen atoms in total. The Bertz CT molecular complexity index is 727. The van der Waals surface area contributed by atoms with Crippen LogP contribution in [-0.4, -0.2) is 52.5 Å². The number of methoxy groups -OCH3 is 1. The number of carboxylic acids is 1. The molecule has 0 radical (unpaired) electrons. The second-order valence-electron chi connectivity index (χ2n) is 5.82. The molecule has 2 amide bonds. The molecule has 0 bridgehead atoms. The average Bonchev–Trinajstić information content (AvgIpc) is 3.02. The number of anilines is 1. The van der Waals surface area contributed by atoms with Crippen molar-refractivity contribution in [1.29, 1.82) is 0 Å². The maximum Gasteiger partial charge on any atom is 0.321 e. The van der Waals surface area contributed by atoms with Crippen LogP contribution in [0.15, 0.2) is 36.7 Å². The zero-order chi connectivity index (χ0) is 18.4. The quantitative estimate of drug-likeness (QED) is 0.800. The summed E-state index contributed by atoms with van der Waals surface area (Å²) in [6.07, 6.45) is 3.27. The van der Waals surface area contributed by atoms with E-state index in [0.29, 0.717) is 12.2 Å². The zero-order valence-corrected chi connectivity index (χ0v) is 14.5. The standard InChI is InChI=1S/C17H22N4O4/c1-12(16(22)23)9-20(2)17(24)19-14-8-18-21(11-14)10-13-4-6-15(25-3)7-5-13/h4-8,11-12H,9-10H2,1-3H3,(H,19,24)(H,22,23). The second-order valence-corrected chi connectivity index (χ2v) is 5.82. The molecule has 1 atom stereocenters. The SMILES string of the molecule is COc1ccc(Cn2cc(NC(=O)N(C)CC(C)C(=O)O)cn2)cc1. The first-order chi connectivity index (χ1) is 11.9. The number of ether oxygens (including phenoxy) is 1. The number of hydrogen-bond acceptors (Lipinski definition) is 4. The molecule has 1 unspecified atom stereocenters. The largest absolute Gasteiger partial charge is 0.497 e. The van der Waals surface area contributed by atoms with Gasteiger partial charge in [-0.25, -0.2) is 4.79 Å². The number of benzene rings is 1. The minimum Gasteiger partial charge on any atom is -0.497 e. The fraction of sp³-hybridized carbons (Fsp3) is 0.353. The molecule has 0 aliphatic carbocycles. The smallest absolute Gasteiger partial charge is 0.321 e. The van der Waals surface area contributed by atoms with Crippen LogP contribution in [0.3, 0.4) is 0 Å². The molecule has 0 spiro atoms. The van der Waals surface area contributed by atoms with E-state index in [0.717, 1.165) is 11.3 Å². The van der Waals surface area contributed by atoms with Crippen molar-refractivity contribution in [1.82, 2.24) is 14.7 Å². The first-order valence-corrected chi connectivity index (χ1v) is 7.79. The zero-order valence-electron chi connectivity index (χ0n) is 14.5.